The van der Waals surface area contributed by atoms with Gasteiger partial charge in [-0.15, -0.1) is 0 Å². The molecule has 0 saturated carbocycles. The highest BCUT2D eigenvalue weighted by molar-refractivity contribution is 5.83. The highest BCUT2D eigenvalue weighted by Crippen LogP contribution is 2.14. The lowest BCUT2D eigenvalue weighted by atomic mass is 10.0. The molecule has 0 aromatic heterocycles. The van der Waals surface area contributed by atoms with E-state index in [0.29, 0.717) is 6.42 Å². The van der Waals surface area contributed by atoms with Crippen LogP contribution >= 0.6 is 0 Å². The van der Waals surface area contributed by atoms with Crippen LogP contribution in [-0.2, 0) is 25.7 Å². The summed E-state index contributed by atoms with van der Waals surface area (Å²) in [5.41, 5.74) is 0.161. The van der Waals surface area contributed by atoms with E-state index in [2.05, 4.69) is 12.2 Å². The molecule has 0 heterocycles. The Kier molecular flexibility index (Phi) is 14.1. The highest BCUT2D eigenvalue weighted by atomic mass is 16.6. The molecule has 6 heteroatoms. The lowest BCUT2D eigenvalue weighted by Gasteiger charge is -2.24. The van der Waals surface area contributed by atoms with E-state index in [4.69, 9.17) is 9.47 Å². The first kappa shape index (κ1) is 28.7. The molecule has 0 fully saturated rings. The number of benzene rings is 1. The number of nitrogens with one attached hydrogen (secondary N) is 1. The van der Waals surface area contributed by atoms with Gasteiger partial charge in [0.25, 0.3) is 0 Å². The third-order valence-electron chi connectivity index (χ3n) is 5.22. The molecule has 0 aliphatic heterocycles. The molecule has 1 amide bonds. The van der Waals surface area contributed by atoms with Gasteiger partial charge in [-0.05, 0) is 39.2 Å². The van der Waals surface area contributed by atoms with Crippen molar-refractivity contribution in [3.05, 3.63) is 35.9 Å². The first-order valence-corrected chi connectivity index (χ1v) is 12.4. The zero-order chi connectivity index (χ0) is 24.5. The van der Waals surface area contributed by atoms with Gasteiger partial charge in [0.05, 0.1) is 0 Å². The average molecular weight is 462 g/mol. The number of esters is 1. The number of ketones is 1. The molecule has 0 aliphatic rings. The molecule has 0 aliphatic carbocycles. The van der Waals surface area contributed by atoms with Crippen molar-refractivity contribution in [2.24, 2.45) is 0 Å². The number of hydrogen-bond donors (Lipinski definition) is 1. The van der Waals surface area contributed by atoms with E-state index in [9.17, 15) is 14.4 Å². The van der Waals surface area contributed by atoms with Gasteiger partial charge in [0.2, 0.25) is 0 Å². The minimum Gasteiger partial charge on any atom is -0.458 e. The Bertz CT molecular complexity index is 696. The van der Waals surface area contributed by atoms with Gasteiger partial charge in [-0.25, -0.2) is 9.59 Å². The fourth-order valence-electron chi connectivity index (χ4n) is 3.42. The van der Waals surface area contributed by atoms with Crippen molar-refractivity contribution in [3.8, 4) is 0 Å². The van der Waals surface area contributed by atoms with E-state index >= 15 is 0 Å². The van der Waals surface area contributed by atoms with Crippen molar-refractivity contribution in [3.63, 3.8) is 0 Å². The Labute approximate surface area is 199 Å². The first-order chi connectivity index (χ1) is 15.7. The molecular weight excluding hydrogens is 418 g/mol. The highest BCUT2D eigenvalue weighted by Gasteiger charge is 2.27. The predicted octanol–water partition coefficient (Wildman–Crippen LogP) is 6.50. The Hall–Kier alpha value is -2.37. The minimum absolute atomic E-state index is 0.102. The van der Waals surface area contributed by atoms with Crippen molar-refractivity contribution >= 4 is 17.8 Å². The number of Topliss-reactive ketones (excluding diaryl/α,β-unsaturated/α-hetero) is 1. The Morgan fingerprint density at radius 1 is 0.879 bits per heavy atom. The van der Waals surface area contributed by atoms with Crippen LogP contribution in [0.5, 0.6) is 0 Å². The molecule has 0 bridgehead atoms. The average Bonchev–Trinajstić information content (AvgIpc) is 2.76. The number of carbonyl (C=O) groups is 3. The van der Waals surface area contributed by atoms with Crippen LogP contribution in [0, 0.1) is 0 Å². The van der Waals surface area contributed by atoms with Crippen LogP contribution in [0.4, 0.5) is 4.79 Å². The summed E-state index contributed by atoms with van der Waals surface area (Å²) in [6, 6.07) is 8.38. The van der Waals surface area contributed by atoms with E-state index < -0.39 is 23.7 Å². The lowest BCUT2D eigenvalue weighted by molar-refractivity contribution is -0.157. The van der Waals surface area contributed by atoms with E-state index in [1.165, 1.54) is 32.1 Å². The Morgan fingerprint density at radius 2 is 1.48 bits per heavy atom. The van der Waals surface area contributed by atoms with Crippen LogP contribution in [0.15, 0.2) is 30.3 Å². The van der Waals surface area contributed by atoms with Gasteiger partial charge in [-0.2, -0.15) is 0 Å². The number of amides is 1. The molecule has 0 radical (unpaired) electrons. The van der Waals surface area contributed by atoms with Crippen LogP contribution in [0.1, 0.15) is 104 Å². The summed E-state index contributed by atoms with van der Waals surface area (Å²) in [5.74, 6) is -0.451. The summed E-state index contributed by atoms with van der Waals surface area (Å²) in [6.45, 7) is 7.61. The molecule has 0 spiro atoms. The molecular formula is C27H43NO5. The van der Waals surface area contributed by atoms with E-state index in [0.717, 1.165) is 24.8 Å². The third-order valence-corrected chi connectivity index (χ3v) is 5.22. The summed E-state index contributed by atoms with van der Waals surface area (Å²) in [6.07, 6.45) is 9.64. The molecule has 1 rings (SSSR count). The number of ether oxygens (including phenoxy) is 2. The zero-order valence-corrected chi connectivity index (χ0v) is 21.0. The molecule has 1 aromatic rings. The van der Waals surface area contributed by atoms with Crippen molar-refractivity contribution in [2.75, 3.05) is 0 Å². The maximum absolute atomic E-state index is 12.6. The SMILES string of the molecule is CCCCCCCCCCC(=O)CCC(NC(=O)OCc1ccccc1)C(=O)OC(C)(C)C. The molecule has 186 valence electrons. The summed E-state index contributed by atoms with van der Waals surface area (Å²) < 4.78 is 10.7. The molecule has 1 N–H and O–H groups in total. The van der Waals surface area contributed by atoms with E-state index in [1.54, 1.807) is 20.8 Å². The number of carbonyl (C=O) groups excluding carboxylic acids is 3. The maximum Gasteiger partial charge on any atom is 0.408 e. The molecule has 0 saturated heterocycles. The van der Waals surface area contributed by atoms with Crippen molar-refractivity contribution < 1.29 is 23.9 Å². The fourth-order valence-corrected chi connectivity index (χ4v) is 3.42. The molecule has 1 unspecified atom stereocenters. The van der Waals surface area contributed by atoms with Gasteiger partial charge >= 0.3 is 12.1 Å². The van der Waals surface area contributed by atoms with Gasteiger partial charge in [-0.3, -0.25) is 4.79 Å². The van der Waals surface area contributed by atoms with Crippen LogP contribution in [0.25, 0.3) is 0 Å². The molecule has 33 heavy (non-hydrogen) atoms. The lowest BCUT2D eigenvalue weighted by Crippen LogP contribution is -2.44. The zero-order valence-electron chi connectivity index (χ0n) is 21.0. The predicted molar refractivity (Wildman–Crippen MR) is 131 cm³/mol. The monoisotopic (exact) mass is 461 g/mol. The van der Waals surface area contributed by atoms with Crippen LogP contribution < -0.4 is 5.32 Å². The van der Waals surface area contributed by atoms with Gasteiger partial charge < -0.3 is 14.8 Å². The summed E-state index contributed by atoms with van der Waals surface area (Å²) in [5, 5.41) is 2.58. The van der Waals surface area contributed by atoms with E-state index in [1.807, 2.05) is 30.3 Å². The van der Waals surface area contributed by atoms with E-state index in [-0.39, 0.29) is 25.2 Å². The smallest absolute Gasteiger partial charge is 0.408 e. The number of hydrogen-bond acceptors (Lipinski definition) is 5. The second-order valence-corrected chi connectivity index (χ2v) is 9.59. The minimum atomic E-state index is -0.921. The van der Waals surface area contributed by atoms with Crippen molar-refractivity contribution in [1.29, 1.82) is 0 Å². The molecule has 1 atom stereocenters. The van der Waals surface area contributed by atoms with Crippen molar-refractivity contribution in [2.45, 2.75) is 117 Å². The summed E-state index contributed by atoms with van der Waals surface area (Å²) >= 11 is 0. The number of unbranched alkanes of at least 4 members (excludes halogenated alkanes) is 7. The largest absolute Gasteiger partial charge is 0.458 e. The maximum atomic E-state index is 12.6. The van der Waals surface area contributed by atoms with Gasteiger partial charge in [0, 0.05) is 12.8 Å². The second-order valence-electron chi connectivity index (χ2n) is 9.59. The standard InChI is InChI=1S/C27H43NO5/c1-5-6-7-8-9-10-11-15-18-23(29)19-20-24(25(30)33-27(2,3)4)28-26(31)32-21-22-16-13-12-14-17-22/h12-14,16-17,24H,5-11,15,18-21H2,1-4H3,(H,28,31). The summed E-state index contributed by atoms with van der Waals surface area (Å²) in [7, 11) is 0. The Balaban J connectivity index is 2.43. The Morgan fingerprint density at radius 3 is 2.09 bits per heavy atom. The fraction of sp³-hybridized carbons (Fsp3) is 0.667. The van der Waals surface area contributed by atoms with Gasteiger partial charge in [-0.1, -0.05) is 82.2 Å². The number of alkyl carbamates (subject to hydrolysis) is 1. The van der Waals surface area contributed by atoms with Crippen LogP contribution in [0.2, 0.25) is 0 Å². The van der Waals surface area contributed by atoms with Crippen LogP contribution in [-0.4, -0.2) is 29.5 Å². The third kappa shape index (κ3) is 15.2. The topological polar surface area (TPSA) is 81.7 Å². The van der Waals surface area contributed by atoms with Crippen molar-refractivity contribution in [1.82, 2.24) is 5.32 Å². The van der Waals surface area contributed by atoms with Gasteiger partial charge in [0.15, 0.2) is 0 Å². The summed E-state index contributed by atoms with van der Waals surface area (Å²) in [4.78, 5) is 37.2. The molecule has 1 aromatic carbocycles. The van der Waals surface area contributed by atoms with Gasteiger partial charge in [0.1, 0.15) is 24.0 Å². The van der Waals surface area contributed by atoms with Crippen LogP contribution in [0.3, 0.4) is 0 Å². The number of rotatable bonds is 16. The normalized spacial score (nSPS) is 12.1. The second kappa shape index (κ2) is 16.3. The molecule has 6 nitrogen and oxygen atoms in total. The first-order valence-electron chi connectivity index (χ1n) is 12.4. The quantitative estimate of drug-likeness (QED) is 0.224.